The van der Waals surface area contributed by atoms with Crippen LogP contribution >= 0.6 is 11.6 Å². The highest BCUT2D eigenvalue weighted by molar-refractivity contribution is 6.33. The zero-order chi connectivity index (χ0) is 18.4. The molecule has 0 bridgehead atoms. The molecule has 132 valence electrons. The van der Waals surface area contributed by atoms with Crippen LogP contribution in [0, 0.1) is 0 Å². The van der Waals surface area contributed by atoms with Gasteiger partial charge in [-0.25, -0.2) is 0 Å². The summed E-state index contributed by atoms with van der Waals surface area (Å²) in [5, 5.41) is 3.45. The SMILES string of the molecule is C[NH+](CC(=O)Nc1ccccc1Cl)C(c1ccccc1)c1ccccc1. The molecule has 2 N–H and O–H groups in total. The first-order valence-corrected chi connectivity index (χ1v) is 8.99. The summed E-state index contributed by atoms with van der Waals surface area (Å²) in [6.07, 6.45) is 0. The van der Waals surface area contributed by atoms with Gasteiger partial charge in [0.1, 0.15) is 6.04 Å². The van der Waals surface area contributed by atoms with E-state index < -0.39 is 0 Å². The van der Waals surface area contributed by atoms with Crippen molar-refractivity contribution in [1.82, 2.24) is 0 Å². The van der Waals surface area contributed by atoms with Crippen molar-refractivity contribution in [3.8, 4) is 0 Å². The number of rotatable bonds is 6. The number of hydrogen-bond donors (Lipinski definition) is 2. The second-order valence-electron chi connectivity index (χ2n) is 6.31. The van der Waals surface area contributed by atoms with E-state index in [0.29, 0.717) is 17.3 Å². The van der Waals surface area contributed by atoms with Gasteiger partial charge in [0.25, 0.3) is 5.91 Å². The van der Waals surface area contributed by atoms with Crippen LogP contribution in [0.2, 0.25) is 5.02 Å². The Hall–Kier alpha value is -2.62. The Balaban J connectivity index is 1.79. The fraction of sp³-hybridized carbons (Fsp3) is 0.136. The smallest absolute Gasteiger partial charge is 0.279 e. The van der Waals surface area contributed by atoms with E-state index in [-0.39, 0.29) is 11.9 Å². The molecule has 0 aromatic heterocycles. The summed E-state index contributed by atoms with van der Waals surface area (Å²) < 4.78 is 0. The highest BCUT2D eigenvalue weighted by Gasteiger charge is 2.25. The van der Waals surface area contributed by atoms with Crippen molar-refractivity contribution < 1.29 is 9.69 Å². The van der Waals surface area contributed by atoms with Crippen LogP contribution in [0.5, 0.6) is 0 Å². The molecule has 0 radical (unpaired) electrons. The lowest BCUT2D eigenvalue weighted by molar-refractivity contribution is -0.897. The fourth-order valence-corrected chi connectivity index (χ4v) is 3.35. The molecule has 0 saturated carbocycles. The lowest BCUT2D eigenvalue weighted by Gasteiger charge is -2.25. The molecule has 0 aliphatic heterocycles. The molecule has 1 amide bonds. The van der Waals surface area contributed by atoms with Crippen LogP contribution in [0.4, 0.5) is 5.69 Å². The zero-order valence-corrected chi connectivity index (χ0v) is 15.4. The summed E-state index contributed by atoms with van der Waals surface area (Å²) in [5.74, 6) is -0.0625. The lowest BCUT2D eigenvalue weighted by atomic mass is 9.97. The number of nitrogens with one attached hydrogen (secondary N) is 2. The molecule has 0 spiro atoms. The number of carbonyl (C=O) groups excluding carboxylic acids is 1. The Kier molecular flexibility index (Phi) is 6.05. The molecule has 26 heavy (non-hydrogen) atoms. The molecular formula is C22H22ClN2O+. The Morgan fingerprint density at radius 1 is 0.885 bits per heavy atom. The minimum Gasteiger partial charge on any atom is -0.320 e. The van der Waals surface area contributed by atoms with Crippen LogP contribution in [-0.2, 0) is 4.79 Å². The fourth-order valence-electron chi connectivity index (χ4n) is 3.16. The lowest BCUT2D eigenvalue weighted by Crippen LogP contribution is -3.10. The Labute approximate surface area is 159 Å². The normalized spacial score (nSPS) is 12.0. The van der Waals surface area contributed by atoms with Crippen LogP contribution in [0.25, 0.3) is 0 Å². The number of para-hydroxylation sites is 1. The maximum atomic E-state index is 12.6. The molecular weight excluding hydrogens is 344 g/mol. The van der Waals surface area contributed by atoms with Gasteiger partial charge in [-0.2, -0.15) is 0 Å². The van der Waals surface area contributed by atoms with Gasteiger partial charge >= 0.3 is 0 Å². The van der Waals surface area contributed by atoms with E-state index in [9.17, 15) is 4.79 Å². The minimum atomic E-state index is -0.0625. The summed E-state index contributed by atoms with van der Waals surface area (Å²) in [7, 11) is 2.04. The zero-order valence-electron chi connectivity index (χ0n) is 14.7. The molecule has 3 nitrogen and oxygen atoms in total. The third-order valence-corrected chi connectivity index (χ3v) is 4.68. The monoisotopic (exact) mass is 365 g/mol. The van der Waals surface area contributed by atoms with Crippen molar-refractivity contribution in [3.05, 3.63) is 101 Å². The molecule has 1 atom stereocenters. The highest BCUT2D eigenvalue weighted by atomic mass is 35.5. The number of benzene rings is 3. The van der Waals surface area contributed by atoms with Crippen molar-refractivity contribution in [2.24, 2.45) is 0 Å². The van der Waals surface area contributed by atoms with Gasteiger partial charge in [0, 0.05) is 11.1 Å². The Bertz CT molecular complexity index is 813. The van der Waals surface area contributed by atoms with E-state index in [1.54, 1.807) is 12.1 Å². The highest BCUT2D eigenvalue weighted by Crippen LogP contribution is 2.21. The number of amides is 1. The van der Waals surface area contributed by atoms with Gasteiger partial charge in [-0.1, -0.05) is 84.4 Å². The molecule has 3 aromatic carbocycles. The van der Waals surface area contributed by atoms with Crippen LogP contribution in [0.1, 0.15) is 17.2 Å². The van der Waals surface area contributed by atoms with Gasteiger partial charge in [-0.3, -0.25) is 4.79 Å². The van der Waals surface area contributed by atoms with E-state index in [1.165, 1.54) is 11.1 Å². The van der Waals surface area contributed by atoms with Crippen LogP contribution in [-0.4, -0.2) is 19.5 Å². The largest absolute Gasteiger partial charge is 0.320 e. The average molecular weight is 366 g/mol. The third-order valence-electron chi connectivity index (χ3n) is 4.35. The quantitative estimate of drug-likeness (QED) is 0.687. The van der Waals surface area contributed by atoms with Crippen LogP contribution in [0.15, 0.2) is 84.9 Å². The van der Waals surface area contributed by atoms with Gasteiger partial charge in [0.05, 0.1) is 17.8 Å². The minimum absolute atomic E-state index is 0.0625. The number of hydrogen-bond acceptors (Lipinski definition) is 1. The summed E-state index contributed by atoms with van der Waals surface area (Å²) >= 11 is 6.14. The predicted molar refractivity (Wildman–Crippen MR) is 107 cm³/mol. The Morgan fingerprint density at radius 3 is 1.92 bits per heavy atom. The number of likely N-dealkylation sites (N-methyl/N-ethyl adjacent to an activating group) is 1. The van der Waals surface area contributed by atoms with Crippen LogP contribution < -0.4 is 10.2 Å². The molecule has 0 heterocycles. The van der Waals surface area contributed by atoms with E-state index in [0.717, 1.165) is 4.90 Å². The van der Waals surface area contributed by atoms with Crippen LogP contribution in [0.3, 0.4) is 0 Å². The second kappa shape index (κ2) is 8.65. The van der Waals surface area contributed by atoms with Crippen molar-refractivity contribution in [3.63, 3.8) is 0 Å². The molecule has 0 saturated heterocycles. The van der Waals surface area contributed by atoms with Gasteiger partial charge < -0.3 is 10.2 Å². The predicted octanol–water partition coefficient (Wildman–Crippen LogP) is 3.58. The van der Waals surface area contributed by atoms with Gasteiger partial charge in [-0.05, 0) is 12.1 Å². The van der Waals surface area contributed by atoms with Crippen molar-refractivity contribution >= 4 is 23.2 Å². The standard InChI is InChI=1S/C22H21ClN2O/c1-25(16-21(26)24-20-15-9-8-14-19(20)23)22(17-10-4-2-5-11-17)18-12-6-3-7-13-18/h2-15,22H,16H2,1H3,(H,24,26)/p+1. The maximum Gasteiger partial charge on any atom is 0.279 e. The maximum absolute atomic E-state index is 12.6. The van der Waals surface area contributed by atoms with Gasteiger partial charge in [0.2, 0.25) is 0 Å². The molecule has 0 aliphatic rings. The van der Waals surface area contributed by atoms with Crippen molar-refractivity contribution in [1.29, 1.82) is 0 Å². The summed E-state index contributed by atoms with van der Waals surface area (Å²) in [5.41, 5.74) is 3.01. The average Bonchev–Trinajstić information content (AvgIpc) is 2.65. The molecule has 1 unspecified atom stereocenters. The summed E-state index contributed by atoms with van der Waals surface area (Å²) in [4.78, 5) is 13.6. The second-order valence-corrected chi connectivity index (χ2v) is 6.71. The first-order chi connectivity index (χ1) is 12.6. The molecule has 0 fully saturated rings. The molecule has 4 heteroatoms. The van der Waals surface area contributed by atoms with Gasteiger partial charge in [-0.15, -0.1) is 0 Å². The van der Waals surface area contributed by atoms with E-state index in [2.05, 4.69) is 29.6 Å². The molecule has 0 aliphatic carbocycles. The van der Waals surface area contributed by atoms with Gasteiger partial charge in [0.15, 0.2) is 6.54 Å². The summed E-state index contributed by atoms with van der Waals surface area (Å²) in [6.45, 7) is 0.333. The number of quaternary nitrogens is 1. The first-order valence-electron chi connectivity index (χ1n) is 8.61. The first kappa shape index (κ1) is 18.2. The van der Waals surface area contributed by atoms with E-state index in [1.807, 2.05) is 55.6 Å². The van der Waals surface area contributed by atoms with E-state index >= 15 is 0 Å². The van der Waals surface area contributed by atoms with Crippen molar-refractivity contribution in [2.75, 3.05) is 18.9 Å². The number of halogens is 1. The van der Waals surface area contributed by atoms with Crippen molar-refractivity contribution in [2.45, 2.75) is 6.04 Å². The third kappa shape index (κ3) is 4.51. The van der Waals surface area contributed by atoms with E-state index in [4.69, 9.17) is 11.6 Å². The number of carbonyl (C=O) groups is 1. The Morgan fingerprint density at radius 2 is 1.38 bits per heavy atom. The molecule has 3 rings (SSSR count). The topological polar surface area (TPSA) is 33.5 Å². The molecule has 3 aromatic rings. The number of anilines is 1. The summed E-state index contributed by atoms with van der Waals surface area (Å²) in [6, 6.07) is 27.9.